The molecule has 0 heterocycles. The summed E-state index contributed by atoms with van der Waals surface area (Å²) in [7, 11) is 0. The molecule has 0 spiro atoms. The van der Waals surface area contributed by atoms with Crippen molar-refractivity contribution in [2.24, 2.45) is 99.6 Å². The van der Waals surface area contributed by atoms with Crippen LogP contribution in [0.3, 0.4) is 0 Å². The van der Waals surface area contributed by atoms with Crippen molar-refractivity contribution in [2.45, 2.75) is 511 Å². The molecule has 0 rings (SSSR count). The molecule has 0 aliphatic heterocycles. The second kappa shape index (κ2) is 58.3. The van der Waals surface area contributed by atoms with Crippen molar-refractivity contribution in [1.82, 2.24) is 0 Å². The van der Waals surface area contributed by atoms with Crippen LogP contribution in [0.1, 0.15) is 460 Å². The number of alkyl halides is 9. The third-order valence-electron chi connectivity index (χ3n) is 26.3. The maximum Gasteiger partial charge on any atom is 0.115 e. The average molecular weight is 1500 g/mol. The Kier molecular flexibility index (Phi) is 68.3. The first-order chi connectivity index (χ1) is 46.4. The molecule has 0 saturated heterocycles. The van der Waals surface area contributed by atoms with Crippen LogP contribution in [0, 0.1) is 99.6 Å². The summed E-state index contributed by atoms with van der Waals surface area (Å²) in [4.78, 5) is 0. The van der Waals surface area contributed by atoms with E-state index in [2.05, 4.69) is 152 Å². The Morgan fingerprint density at radius 3 is 0.612 bits per heavy atom. The lowest BCUT2D eigenvalue weighted by atomic mass is 9.67. The monoisotopic (exact) mass is 1500 g/mol. The second-order valence-electron chi connectivity index (χ2n) is 37.0. The highest BCUT2D eigenvalue weighted by molar-refractivity contribution is 4.95. The molecule has 0 fully saturated rings. The minimum Gasteiger partial charge on any atom is -0.244 e. The summed E-state index contributed by atoms with van der Waals surface area (Å²) in [6.45, 7) is 91.3. The van der Waals surface area contributed by atoms with E-state index < -0.39 is 51.0 Å². The quantitative estimate of drug-likeness (QED) is 0.0538. The van der Waals surface area contributed by atoms with Crippen LogP contribution < -0.4 is 0 Å². The molecule has 0 aliphatic rings. The Morgan fingerprint density at radius 1 is 0.223 bits per heavy atom. The predicted molar refractivity (Wildman–Crippen MR) is 454 cm³/mol. The third kappa shape index (κ3) is 46.1. The van der Waals surface area contributed by atoms with Crippen LogP contribution in [-0.2, 0) is 0 Å². The van der Waals surface area contributed by atoms with Crippen molar-refractivity contribution in [3.8, 4) is 0 Å². The molecule has 636 valence electrons. The van der Waals surface area contributed by atoms with Gasteiger partial charge in [-0.1, -0.05) is 340 Å². The Hall–Kier alpha value is -0.630. The maximum atomic E-state index is 14.4. The van der Waals surface area contributed by atoms with E-state index in [1.807, 2.05) is 104 Å². The van der Waals surface area contributed by atoms with Gasteiger partial charge in [-0.25, -0.2) is 39.5 Å². The topological polar surface area (TPSA) is 0 Å². The first-order valence-corrected chi connectivity index (χ1v) is 43.6. The molecule has 103 heavy (non-hydrogen) atoms. The third-order valence-corrected chi connectivity index (χ3v) is 26.3. The van der Waals surface area contributed by atoms with Crippen LogP contribution in [0.4, 0.5) is 39.5 Å². The lowest BCUT2D eigenvalue weighted by molar-refractivity contribution is -0.0267. The number of hydrogen-bond acceptors (Lipinski definition) is 0. The molecule has 0 N–H and O–H groups in total. The fourth-order valence-corrected chi connectivity index (χ4v) is 16.4. The molecule has 0 aliphatic carbocycles. The lowest BCUT2D eigenvalue weighted by Gasteiger charge is -2.42. The van der Waals surface area contributed by atoms with Crippen molar-refractivity contribution in [1.29, 1.82) is 0 Å². The molecule has 6 atom stereocenters. The lowest BCUT2D eigenvalue weighted by Crippen LogP contribution is -2.43. The van der Waals surface area contributed by atoms with Crippen molar-refractivity contribution in [3.63, 3.8) is 0 Å². The average Bonchev–Trinajstić information content (AvgIpc) is 0.811. The SMILES string of the molecule is CC(C)C(C(C)C)[C@@](C)(F)C(C)C.CC(C)C(C)(F)C(C)C.CCC(C)(CC)[C@@](C)(F)C(C)C.CCC(CC)C(C)(F)C(CC)CC.CCC(CC)[C@@](C)(F)C(C)C.CCCC(C)(F)CCC.CCC[C@](C)(F)C(C(C)C)C(C)C.CCC[C@](C)(F)C(C)(CC)CC.CCC[C@](C)(F)C(CC)CC. The van der Waals surface area contributed by atoms with E-state index in [1.54, 1.807) is 62.3 Å². The van der Waals surface area contributed by atoms with Gasteiger partial charge in [-0.3, -0.25) is 0 Å². The van der Waals surface area contributed by atoms with Crippen LogP contribution in [0.15, 0.2) is 0 Å². The van der Waals surface area contributed by atoms with Gasteiger partial charge in [-0.05, 0) is 209 Å². The summed E-state index contributed by atoms with van der Waals surface area (Å²) in [5, 5.41) is 0. The van der Waals surface area contributed by atoms with Gasteiger partial charge in [0.05, 0.1) is 0 Å². The highest BCUT2D eigenvalue weighted by atomic mass is 19.2. The van der Waals surface area contributed by atoms with Gasteiger partial charge in [0.1, 0.15) is 51.0 Å². The van der Waals surface area contributed by atoms with Crippen LogP contribution in [0.5, 0.6) is 0 Å². The first kappa shape index (κ1) is 121. The molecule has 9 heteroatoms. The highest BCUT2D eigenvalue weighted by Crippen LogP contribution is 2.47. The van der Waals surface area contributed by atoms with E-state index in [-0.39, 0.29) is 75.9 Å². The zero-order valence-corrected chi connectivity index (χ0v) is 79.1. The van der Waals surface area contributed by atoms with Crippen LogP contribution in [-0.4, -0.2) is 51.0 Å². The summed E-state index contributed by atoms with van der Waals surface area (Å²) in [5.74, 6) is 3.56. The molecule has 0 saturated carbocycles. The summed E-state index contributed by atoms with van der Waals surface area (Å²) < 4.78 is 126. The van der Waals surface area contributed by atoms with E-state index in [1.165, 1.54) is 0 Å². The number of rotatable bonds is 39. The Bertz CT molecular complexity index is 1790. The molecule has 0 aromatic rings. The highest BCUT2D eigenvalue weighted by Gasteiger charge is 2.46. The van der Waals surface area contributed by atoms with E-state index in [0.717, 1.165) is 109 Å². The zero-order chi connectivity index (χ0) is 84.7. The fourth-order valence-electron chi connectivity index (χ4n) is 16.4. The van der Waals surface area contributed by atoms with Gasteiger partial charge in [-0.2, -0.15) is 0 Å². The summed E-state index contributed by atoms with van der Waals surface area (Å²) in [5.41, 5.74) is -9.15. The molecular formula is C94H197F9. The number of hydrogen-bond donors (Lipinski definition) is 0. The minimum atomic E-state index is -1.05. The van der Waals surface area contributed by atoms with Crippen molar-refractivity contribution >= 4 is 0 Å². The van der Waals surface area contributed by atoms with Gasteiger partial charge in [-0.15, -0.1) is 0 Å². The number of halogens is 9. The van der Waals surface area contributed by atoms with Crippen LogP contribution in [0.25, 0.3) is 0 Å². The van der Waals surface area contributed by atoms with E-state index in [0.29, 0.717) is 55.8 Å². The minimum absolute atomic E-state index is 0.0994. The van der Waals surface area contributed by atoms with Crippen LogP contribution >= 0.6 is 0 Å². The molecule has 0 aromatic carbocycles. The van der Waals surface area contributed by atoms with E-state index >= 15 is 0 Å². The fraction of sp³-hybridized carbons (Fsp3) is 1.00. The largest absolute Gasteiger partial charge is 0.244 e. The zero-order valence-electron chi connectivity index (χ0n) is 79.1. The molecule has 0 amide bonds. The molecule has 0 unspecified atom stereocenters. The van der Waals surface area contributed by atoms with Gasteiger partial charge < -0.3 is 0 Å². The van der Waals surface area contributed by atoms with Gasteiger partial charge in [0.2, 0.25) is 0 Å². The normalized spacial score (nSPS) is 16.0. The standard InChI is InChI=1S/3C12H25F.2C11H23F.2C10H21F.2C8H17F/c1-8(2)11(9(3)4)12(7,13)10(5)6;1-7-8-12(6,13)11(9(2)3)10(4)5;1-6-10(7-2)12(5,13)11(8-3)9-4;1-7-10(5,8-2)11(6,12)9(3)4;1-6-9-11(5,12)10(4,7-2)8-3;1-6-9(7-2)10(5,11)8(3)4;1-5-8-10(4,11)9(6-2)7-3;1-6(2)8(5,9)7(3)4;1-4-6-8(3,9)7-5-2/h8-11H,1-7H3;9-11H,7-8H2,1-6H3;10-11H,6-9H2,1-5H3;9H,7-8H2,1-6H3;6-9H2,1-5H3;8-9H,6-7H2,1-5H3;9H,5-8H2,1-4H3;6-7H,1-5H3;4-7H2,1-3H3/t2*12-;;2*11-;2*10-;;/m00.0000../s1. The molecule has 0 bridgehead atoms. The van der Waals surface area contributed by atoms with Crippen LogP contribution in [0.2, 0.25) is 0 Å². The Labute approximate surface area is 646 Å². The van der Waals surface area contributed by atoms with Gasteiger partial charge in [0.25, 0.3) is 0 Å². The van der Waals surface area contributed by atoms with Gasteiger partial charge >= 0.3 is 0 Å². The van der Waals surface area contributed by atoms with Gasteiger partial charge in [0.15, 0.2) is 0 Å². The van der Waals surface area contributed by atoms with Crippen molar-refractivity contribution < 1.29 is 39.5 Å². The van der Waals surface area contributed by atoms with Crippen molar-refractivity contribution in [2.75, 3.05) is 0 Å². The van der Waals surface area contributed by atoms with E-state index in [9.17, 15) is 39.5 Å². The summed E-state index contributed by atoms with van der Waals surface area (Å²) >= 11 is 0. The maximum absolute atomic E-state index is 14.4. The molecule has 0 nitrogen and oxygen atoms in total. The first-order valence-electron chi connectivity index (χ1n) is 43.6. The second-order valence-corrected chi connectivity index (χ2v) is 37.0. The smallest absolute Gasteiger partial charge is 0.115 e. The Morgan fingerprint density at radius 2 is 0.456 bits per heavy atom. The van der Waals surface area contributed by atoms with Crippen molar-refractivity contribution in [3.05, 3.63) is 0 Å². The summed E-state index contributed by atoms with van der Waals surface area (Å²) in [6, 6.07) is 0. The Balaban J connectivity index is -0.000000138. The van der Waals surface area contributed by atoms with Gasteiger partial charge in [0, 0.05) is 10.8 Å². The molecule has 0 aromatic heterocycles. The predicted octanol–water partition coefficient (Wildman–Crippen LogP) is 36.0. The van der Waals surface area contributed by atoms with E-state index in [4.69, 9.17) is 0 Å². The molecule has 0 radical (unpaired) electrons. The summed E-state index contributed by atoms with van der Waals surface area (Å²) in [6.07, 6.45) is 19.5. The molecular weight excluding hydrogens is 1300 g/mol.